The molecule has 1 heterocycles. The van der Waals surface area contributed by atoms with Crippen molar-refractivity contribution in [1.29, 1.82) is 0 Å². The molecule has 0 aliphatic carbocycles. The number of hydrogen-bond donors (Lipinski definition) is 0. The molecule has 0 saturated carbocycles. The molecule has 0 aliphatic rings. The lowest BCUT2D eigenvalue weighted by Gasteiger charge is -2.01. The Bertz CT molecular complexity index is 448. The van der Waals surface area contributed by atoms with Gasteiger partial charge in [0, 0.05) is 24.4 Å². The second-order valence-corrected chi connectivity index (χ2v) is 3.23. The maximum atomic E-state index is 5.13. The molecule has 0 fully saturated rings. The first-order valence-electron chi connectivity index (χ1n) is 4.92. The van der Waals surface area contributed by atoms with E-state index in [2.05, 4.69) is 18.1 Å². The van der Waals surface area contributed by atoms with Crippen LogP contribution in [0.25, 0.3) is 11.1 Å². The predicted octanol–water partition coefficient (Wildman–Crippen LogP) is 2.38. The Labute approximate surface area is 89.3 Å². The maximum absolute atomic E-state index is 5.13. The van der Waals surface area contributed by atoms with Gasteiger partial charge in [0.05, 0.1) is 13.3 Å². The van der Waals surface area contributed by atoms with Crippen molar-refractivity contribution in [2.75, 3.05) is 7.11 Å². The number of aromatic nitrogens is 2. The zero-order valence-electron chi connectivity index (χ0n) is 8.90. The summed E-state index contributed by atoms with van der Waals surface area (Å²) in [7, 11) is 1.64. The molecule has 0 aliphatic heterocycles. The minimum Gasteiger partial charge on any atom is -0.496 e. The molecule has 0 unspecified atom stereocenters. The molecule has 0 atom stereocenters. The number of ether oxygens (including phenoxy) is 1. The van der Waals surface area contributed by atoms with E-state index >= 15 is 0 Å². The molecule has 15 heavy (non-hydrogen) atoms. The van der Waals surface area contributed by atoms with E-state index in [1.807, 2.05) is 35.3 Å². The summed E-state index contributed by atoms with van der Waals surface area (Å²) in [5.41, 5.74) is 2.20. The fourth-order valence-corrected chi connectivity index (χ4v) is 1.43. The Morgan fingerprint density at radius 3 is 3.00 bits per heavy atom. The van der Waals surface area contributed by atoms with Crippen LogP contribution in [0.15, 0.2) is 30.6 Å². The molecule has 3 heteroatoms. The SMILES string of the molecule is CCn1cc(-c2cc[c]c(OC)c2)cn1. The van der Waals surface area contributed by atoms with Crippen LogP contribution in [0.5, 0.6) is 5.75 Å². The van der Waals surface area contributed by atoms with E-state index < -0.39 is 0 Å². The van der Waals surface area contributed by atoms with Crippen LogP contribution in [0, 0.1) is 6.07 Å². The van der Waals surface area contributed by atoms with Crippen molar-refractivity contribution in [2.45, 2.75) is 13.5 Å². The zero-order chi connectivity index (χ0) is 10.7. The van der Waals surface area contributed by atoms with Crippen LogP contribution in [0.2, 0.25) is 0 Å². The van der Waals surface area contributed by atoms with E-state index in [-0.39, 0.29) is 0 Å². The van der Waals surface area contributed by atoms with Gasteiger partial charge in [-0.25, -0.2) is 0 Å². The van der Waals surface area contributed by atoms with Crippen molar-refractivity contribution in [1.82, 2.24) is 9.78 Å². The molecule has 3 nitrogen and oxygen atoms in total. The van der Waals surface area contributed by atoms with Gasteiger partial charge in [0.2, 0.25) is 0 Å². The molecule has 0 saturated heterocycles. The second kappa shape index (κ2) is 4.17. The van der Waals surface area contributed by atoms with E-state index in [4.69, 9.17) is 4.74 Å². The van der Waals surface area contributed by atoms with E-state index in [0.29, 0.717) is 0 Å². The van der Waals surface area contributed by atoms with Crippen LogP contribution in [0.1, 0.15) is 6.92 Å². The first kappa shape index (κ1) is 9.77. The smallest absolute Gasteiger partial charge is 0.127 e. The molecular formula is C12H13N2O. The number of rotatable bonds is 3. The van der Waals surface area contributed by atoms with Crippen molar-refractivity contribution in [2.24, 2.45) is 0 Å². The van der Waals surface area contributed by atoms with Gasteiger partial charge in [-0.3, -0.25) is 4.68 Å². The third kappa shape index (κ3) is 2.01. The zero-order valence-corrected chi connectivity index (χ0v) is 8.90. The quantitative estimate of drug-likeness (QED) is 0.762. The molecular weight excluding hydrogens is 188 g/mol. The number of benzene rings is 1. The van der Waals surface area contributed by atoms with Gasteiger partial charge in [-0.1, -0.05) is 6.07 Å². The van der Waals surface area contributed by atoms with Gasteiger partial charge in [-0.05, 0) is 24.6 Å². The van der Waals surface area contributed by atoms with E-state index in [1.54, 1.807) is 7.11 Å². The molecule has 1 radical (unpaired) electrons. The fraction of sp³-hybridized carbons (Fsp3) is 0.250. The minimum atomic E-state index is 0.747. The lowest BCUT2D eigenvalue weighted by Crippen LogP contribution is -1.91. The van der Waals surface area contributed by atoms with E-state index in [1.165, 1.54) is 0 Å². The van der Waals surface area contributed by atoms with Crippen molar-refractivity contribution < 1.29 is 4.74 Å². The first-order valence-corrected chi connectivity index (χ1v) is 4.92. The number of hydrogen-bond acceptors (Lipinski definition) is 2. The van der Waals surface area contributed by atoms with E-state index in [9.17, 15) is 0 Å². The molecule has 0 bridgehead atoms. The molecule has 2 rings (SSSR count). The molecule has 1 aromatic heterocycles. The van der Waals surface area contributed by atoms with Crippen LogP contribution in [-0.2, 0) is 6.54 Å². The highest BCUT2D eigenvalue weighted by atomic mass is 16.5. The summed E-state index contributed by atoms with van der Waals surface area (Å²) >= 11 is 0. The summed E-state index contributed by atoms with van der Waals surface area (Å²) in [6.45, 7) is 2.95. The van der Waals surface area contributed by atoms with Crippen LogP contribution in [-0.4, -0.2) is 16.9 Å². The summed E-state index contributed by atoms with van der Waals surface area (Å²) < 4.78 is 7.03. The van der Waals surface area contributed by atoms with Crippen LogP contribution >= 0.6 is 0 Å². The summed E-state index contributed by atoms with van der Waals surface area (Å²) in [4.78, 5) is 0. The molecule has 1 aromatic carbocycles. The molecule has 0 spiro atoms. The average molecular weight is 201 g/mol. The topological polar surface area (TPSA) is 27.1 Å². The largest absolute Gasteiger partial charge is 0.496 e. The summed E-state index contributed by atoms with van der Waals surface area (Å²) in [5, 5.41) is 4.23. The molecule has 0 amide bonds. The van der Waals surface area contributed by atoms with Crippen molar-refractivity contribution >= 4 is 0 Å². The third-order valence-corrected chi connectivity index (χ3v) is 2.29. The van der Waals surface area contributed by atoms with Gasteiger partial charge >= 0.3 is 0 Å². The predicted molar refractivity (Wildman–Crippen MR) is 58.7 cm³/mol. The maximum Gasteiger partial charge on any atom is 0.127 e. The van der Waals surface area contributed by atoms with Crippen molar-refractivity contribution in [3.05, 3.63) is 36.7 Å². The van der Waals surface area contributed by atoms with Crippen molar-refractivity contribution in [3.8, 4) is 16.9 Å². The Morgan fingerprint density at radius 2 is 2.33 bits per heavy atom. The van der Waals surface area contributed by atoms with Gasteiger partial charge in [0.1, 0.15) is 5.75 Å². The highest BCUT2D eigenvalue weighted by molar-refractivity contribution is 5.63. The minimum absolute atomic E-state index is 0.747. The Hall–Kier alpha value is -1.77. The Morgan fingerprint density at radius 1 is 1.47 bits per heavy atom. The summed E-state index contributed by atoms with van der Waals surface area (Å²) in [5.74, 6) is 0.747. The highest BCUT2D eigenvalue weighted by Gasteiger charge is 2.02. The molecule has 0 N–H and O–H groups in total. The van der Waals surface area contributed by atoms with Gasteiger partial charge in [-0.15, -0.1) is 0 Å². The fourth-order valence-electron chi connectivity index (χ4n) is 1.43. The normalized spacial score (nSPS) is 10.3. The highest BCUT2D eigenvalue weighted by Crippen LogP contribution is 2.22. The molecule has 2 aromatic rings. The third-order valence-electron chi connectivity index (χ3n) is 2.29. The van der Waals surface area contributed by atoms with Crippen LogP contribution < -0.4 is 4.74 Å². The lowest BCUT2D eigenvalue weighted by molar-refractivity contribution is 0.414. The Balaban J connectivity index is 2.35. The standard InChI is InChI=1S/C12H13N2O/c1-3-14-9-11(8-13-14)10-5-4-6-12(7-10)15-2/h4-5,7-9H,3H2,1-2H3. The van der Waals surface area contributed by atoms with Crippen LogP contribution in [0.4, 0.5) is 0 Å². The number of aryl methyl sites for hydroxylation is 1. The average Bonchev–Trinajstić information content (AvgIpc) is 2.78. The van der Waals surface area contributed by atoms with Gasteiger partial charge in [0.25, 0.3) is 0 Å². The first-order chi connectivity index (χ1) is 7.33. The van der Waals surface area contributed by atoms with Crippen molar-refractivity contribution in [3.63, 3.8) is 0 Å². The number of nitrogens with zero attached hydrogens (tertiary/aromatic N) is 2. The van der Waals surface area contributed by atoms with E-state index in [0.717, 1.165) is 23.4 Å². The van der Waals surface area contributed by atoms with Gasteiger partial charge in [-0.2, -0.15) is 5.10 Å². The number of methoxy groups -OCH3 is 1. The Kier molecular flexibility index (Phi) is 2.72. The van der Waals surface area contributed by atoms with Gasteiger partial charge < -0.3 is 4.74 Å². The summed E-state index contributed by atoms with van der Waals surface area (Å²) in [6.07, 6.45) is 3.88. The van der Waals surface area contributed by atoms with Gasteiger partial charge in [0.15, 0.2) is 0 Å². The van der Waals surface area contributed by atoms with Crippen LogP contribution in [0.3, 0.4) is 0 Å². The summed E-state index contributed by atoms with van der Waals surface area (Å²) in [6, 6.07) is 8.81. The second-order valence-electron chi connectivity index (χ2n) is 3.23. The molecule has 77 valence electrons. The monoisotopic (exact) mass is 201 g/mol. The lowest BCUT2D eigenvalue weighted by atomic mass is 10.1.